The highest BCUT2D eigenvalue weighted by Crippen LogP contribution is 1.95. The normalized spacial score (nSPS) is 14.1. The zero-order chi connectivity index (χ0) is 16.5. The van der Waals surface area contributed by atoms with Gasteiger partial charge in [0.1, 0.15) is 9.84 Å². The molecule has 0 bridgehead atoms. The number of nitrogens with one attached hydrogen (secondary N) is 3. The van der Waals surface area contributed by atoms with E-state index in [1.165, 1.54) is 6.26 Å². The molecule has 0 fully saturated rings. The van der Waals surface area contributed by atoms with E-state index in [1.807, 2.05) is 6.92 Å². The standard InChI is InChI=1S/C11H26N4O4S2.HI/c1-10(6-9-20(3,16)17)15-11(12-2)13-7-5-8-14-21(4,18)19;/h10,14H,5-9H2,1-4H3,(H2,12,13,15);1H. The SMILES string of the molecule is CN=C(NCCCNS(C)(=O)=O)NC(C)CCS(C)(=O)=O.I. The van der Waals surface area contributed by atoms with Crippen LogP contribution < -0.4 is 15.4 Å². The van der Waals surface area contributed by atoms with Crippen LogP contribution in [0.1, 0.15) is 19.8 Å². The maximum Gasteiger partial charge on any atom is 0.208 e. The number of hydrogen-bond donors (Lipinski definition) is 3. The molecule has 3 N–H and O–H groups in total. The molecule has 22 heavy (non-hydrogen) atoms. The van der Waals surface area contributed by atoms with E-state index >= 15 is 0 Å². The van der Waals surface area contributed by atoms with Crippen LogP contribution in [0.4, 0.5) is 0 Å². The number of hydrogen-bond acceptors (Lipinski definition) is 5. The zero-order valence-electron chi connectivity index (χ0n) is 13.4. The summed E-state index contributed by atoms with van der Waals surface area (Å²) in [4.78, 5) is 4.03. The molecule has 0 aliphatic heterocycles. The number of guanidine groups is 1. The van der Waals surface area contributed by atoms with Crippen molar-refractivity contribution in [1.29, 1.82) is 0 Å². The first-order valence-electron chi connectivity index (χ1n) is 6.63. The lowest BCUT2D eigenvalue weighted by Gasteiger charge is -2.17. The van der Waals surface area contributed by atoms with Crippen LogP contribution in [0, 0.1) is 0 Å². The summed E-state index contributed by atoms with van der Waals surface area (Å²) in [6, 6.07) is -0.0277. The first-order valence-corrected chi connectivity index (χ1v) is 10.6. The Balaban J connectivity index is 0. The second-order valence-corrected chi connectivity index (χ2v) is 9.08. The van der Waals surface area contributed by atoms with Gasteiger partial charge in [-0.1, -0.05) is 0 Å². The number of aliphatic imine (C=N–C) groups is 1. The molecule has 0 rings (SSSR count). The Morgan fingerprint density at radius 3 is 2.18 bits per heavy atom. The van der Waals surface area contributed by atoms with Crippen LogP contribution in [0.3, 0.4) is 0 Å². The Kier molecular flexibility index (Phi) is 12.5. The van der Waals surface area contributed by atoms with Crippen LogP contribution in [-0.2, 0) is 19.9 Å². The summed E-state index contributed by atoms with van der Waals surface area (Å²) in [6.07, 6.45) is 3.44. The minimum absolute atomic E-state index is 0. The molecule has 0 amide bonds. The van der Waals surface area contributed by atoms with Crippen LogP contribution >= 0.6 is 24.0 Å². The van der Waals surface area contributed by atoms with Crippen molar-refractivity contribution in [2.75, 3.05) is 38.4 Å². The molecule has 0 spiro atoms. The minimum atomic E-state index is -3.15. The van der Waals surface area contributed by atoms with Gasteiger partial charge in [-0.05, 0) is 19.8 Å². The first-order chi connectivity index (χ1) is 9.53. The molecule has 0 saturated carbocycles. The molecule has 0 radical (unpaired) electrons. The van der Waals surface area contributed by atoms with Crippen LogP contribution in [-0.4, -0.2) is 67.2 Å². The number of sulfonamides is 1. The second kappa shape index (κ2) is 11.4. The fourth-order valence-corrected chi connectivity index (χ4v) is 2.74. The molecule has 1 unspecified atom stereocenters. The Hall–Kier alpha value is -0.140. The summed E-state index contributed by atoms with van der Waals surface area (Å²) in [5.74, 6) is 0.687. The van der Waals surface area contributed by atoms with Crippen molar-refractivity contribution in [3.05, 3.63) is 0 Å². The maximum atomic E-state index is 11.1. The van der Waals surface area contributed by atoms with Gasteiger partial charge in [0.2, 0.25) is 10.0 Å². The van der Waals surface area contributed by atoms with Crippen LogP contribution in [0.15, 0.2) is 4.99 Å². The third-order valence-electron chi connectivity index (χ3n) is 2.54. The van der Waals surface area contributed by atoms with E-state index in [4.69, 9.17) is 0 Å². The van der Waals surface area contributed by atoms with Gasteiger partial charge >= 0.3 is 0 Å². The predicted octanol–water partition coefficient (Wildman–Crippen LogP) is -0.468. The molecule has 0 aliphatic rings. The highest BCUT2D eigenvalue weighted by Gasteiger charge is 2.09. The van der Waals surface area contributed by atoms with Gasteiger partial charge in [0.15, 0.2) is 5.96 Å². The van der Waals surface area contributed by atoms with Crippen molar-refractivity contribution in [3.8, 4) is 0 Å². The molecule has 134 valence electrons. The van der Waals surface area contributed by atoms with Crippen molar-refractivity contribution >= 4 is 49.8 Å². The molecule has 8 nitrogen and oxygen atoms in total. The Morgan fingerprint density at radius 1 is 1.14 bits per heavy atom. The van der Waals surface area contributed by atoms with Crippen molar-refractivity contribution in [2.45, 2.75) is 25.8 Å². The van der Waals surface area contributed by atoms with Gasteiger partial charge in [0.25, 0.3) is 0 Å². The van der Waals surface area contributed by atoms with Crippen molar-refractivity contribution < 1.29 is 16.8 Å². The van der Waals surface area contributed by atoms with Gasteiger partial charge < -0.3 is 10.6 Å². The van der Waals surface area contributed by atoms with E-state index in [9.17, 15) is 16.8 Å². The van der Waals surface area contributed by atoms with Gasteiger partial charge in [0.05, 0.1) is 12.0 Å². The Labute approximate surface area is 150 Å². The lowest BCUT2D eigenvalue weighted by molar-refractivity contribution is 0.577. The van der Waals surface area contributed by atoms with Gasteiger partial charge in [-0.25, -0.2) is 21.6 Å². The van der Waals surface area contributed by atoms with Gasteiger partial charge in [-0.15, -0.1) is 24.0 Å². The molecule has 0 saturated heterocycles. The number of rotatable bonds is 9. The summed E-state index contributed by atoms with van der Waals surface area (Å²) >= 11 is 0. The van der Waals surface area contributed by atoms with Crippen LogP contribution in [0.2, 0.25) is 0 Å². The van der Waals surface area contributed by atoms with E-state index in [-0.39, 0.29) is 35.8 Å². The third-order valence-corrected chi connectivity index (χ3v) is 4.24. The van der Waals surface area contributed by atoms with Crippen molar-refractivity contribution in [3.63, 3.8) is 0 Å². The van der Waals surface area contributed by atoms with E-state index in [2.05, 4.69) is 20.3 Å². The molecule has 0 aromatic heterocycles. The topological polar surface area (TPSA) is 117 Å². The monoisotopic (exact) mass is 470 g/mol. The van der Waals surface area contributed by atoms with E-state index in [0.717, 1.165) is 6.26 Å². The summed E-state index contributed by atoms with van der Waals surface area (Å²) in [7, 11) is -4.50. The van der Waals surface area contributed by atoms with Gasteiger partial charge in [-0.3, -0.25) is 4.99 Å². The summed E-state index contributed by atoms with van der Waals surface area (Å²) < 4.78 is 46.3. The largest absolute Gasteiger partial charge is 0.356 e. The van der Waals surface area contributed by atoms with Crippen molar-refractivity contribution in [1.82, 2.24) is 15.4 Å². The summed E-state index contributed by atoms with van der Waals surface area (Å²) in [5.41, 5.74) is 0. The fraction of sp³-hybridized carbons (Fsp3) is 0.909. The molecule has 0 aromatic rings. The highest BCUT2D eigenvalue weighted by molar-refractivity contribution is 14.0. The minimum Gasteiger partial charge on any atom is -0.356 e. The quantitative estimate of drug-likeness (QED) is 0.182. The van der Waals surface area contributed by atoms with Crippen LogP contribution in [0.25, 0.3) is 0 Å². The van der Waals surface area contributed by atoms with Gasteiger partial charge in [-0.2, -0.15) is 0 Å². The van der Waals surface area contributed by atoms with Gasteiger partial charge in [0, 0.05) is 32.4 Å². The molecule has 0 aliphatic carbocycles. The number of sulfone groups is 1. The lowest BCUT2D eigenvalue weighted by atomic mass is 10.3. The zero-order valence-corrected chi connectivity index (χ0v) is 17.4. The molecule has 0 heterocycles. The maximum absolute atomic E-state index is 11.1. The van der Waals surface area contributed by atoms with E-state index in [1.54, 1.807) is 7.05 Å². The molecular formula is C11H27IN4O4S2. The van der Waals surface area contributed by atoms with Crippen LogP contribution in [0.5, 0.6) is 0 Å². The van der Waals surface area contributed by atoms with E-state index < -0.39 is 19.9 Å². The summed E-state index contributed by atoms with van der Waals surface area (Å²) in [6.45, 7) is 2.79. The van der Waals surface area contributed by atoms with E-state index in [0.29, 0.717) is 31.9 Å². The Morgan fingerprint density at radius 2 is 1.73 bits per heavy atom. The number of halogens is 1. The molecule has 0 aromatic carbocycles. The number of nitrogens with zero attached hydrogens (tertiary/aromatic N) is 1. The fourth-order valence-electron chi connectivity index (χ4n) is 1.44. The lowest BCUT2D eigenvalue weighted by Crippen LogP contribution is -2.43. The predicted molar refractivity (Wildman–Crippen MR) is 101 cm³/mol. The summed E-state index contributed by atoms with van der Waals surface area (Å²) in [5, 5.41) is 6.12. The molecule has 11 heteroatoms. The Bertz CT molecular complexity index is 534. The van der Waals surface area contributed by atoms with Crippen molar-refractivity contribution in [2.24, 2.45) is 4.99 Å². The third kappa shape index (κ3) is 16.2. The first kappa shape index (κ1) is 24.1. The highest BCUT2D eigenvalue weighted by atomic mass is 127. The molecule has 1 atom stereocenters. The average molecular weight is 470 g/mol. The second-order valence-electron chi connectivity index (χ2n) is 4.98. The average Bonchev–Trinajstić information content (AvgIpc) is 2.32. The smallest absolute Gasteiger partial charge is 0.208 e. The molecular weight excluding hydrogens is 443 g/mol.